The maximum atomic E-state index is 13.0. The largest absolute Gasteiger partial charge is 0.497 e. The number of fused-ring (bicyclic) bond motifs is 4. The van der Waals surface area contributed by atoms with Crippen LogP contribution in [0.25, 0.3) is 86.2 Å². The Balaban J connectivity index is 0.000000183. The van der Waals surface area contributed by atoms with Crippen molar-refractivity contribution >= 4 is 145 Å². The lowest BCUT2D eigenvalue weighted by Crippen LogP contribution is -2.26. The van der Waals surface area contributed by atoms with Gasteiger partial charge in [-0.15, -0.1) is 0 Å². The molecule has 84 heavy (non-hydrogen) atoms. The summed E-state index contributed by atoms with van der Waals surface area (Å²) in [7, 11) is 3.10. The molecule has 416 valence electrons. The van der Waals surface area contributed by atoms with Crippen LogP contribution in [-0.2, 0) is 0 Å². The number of nitrogens with one attached hydrogen (secondary N) is 2. The highest BCUT2D eigenvalue weighted by Gasteiger charge is 2.28. The van der Waals surface area contributed by atoms with Crippen LogP contribution < -0.4 is 20.1 Å². The van der Waals surface area contributed by atoms with Gasteiger partial charge in [-0.05, 0) is 176 Å². The summed E-state index contributed by atoms with van der Waals surface area (Å²) in [5.41, 5.74) is 1.77. The second-order valence-electron chi connectivity index (χ2n) is 19.5. The van der Waals surface area contributed by atoms with Crippen molar-refractivity contribution in [1.82, 2.24) is 10.6 Å². The Morgan fingerprint density at radius 1 is 0.321 bits per heavy atom. The van der Waals surface area contributed by atoms with E-state index in [2.05, 4.69) is 20.6 Å². The summed E-state index contributed by atoms with van der Waals surface area (Å²) >= 11 is 0. The molecule has 0 bridgehead atoms. The standard InChI is InChI=1S/C38H26N2O8.C28H22N2O6/c1-47-21-7-3-19(4-8-21)39-35(41)27-15-11-23-25-13-17-29(37(43)44)34-30(38(45)46)18-14-26(32(25)34)24-12-16-28(33(27)31(23)24)36(42)40-20-5-9-22(48-2)10-6-20;1-3-29-25(31)17-9-5-13-15-7-11-19(27(33)34)24-20(28(35)36)12-8-16(22(15)24)14-6-10-18(23(17)21(13)14)26(32)30-4-2/h3-18H,1-2H3,(H,39,41)(H,40,42)(H,43,44)(H,45,46);5-12H,3-4H2,1-2H3,(H,29,31)(H,30,32)(H,33,34)(H,35,36). The minimum absolute atomic E-state index is 0.106. The zero-order valence-corrected chi connectivity index (χ0v) is 45.1. The quantitative estimate of drug-likeness (QED) is 0.0217. The Hall–Kier alpha value is -11.4. The van der Waals surface area contributed by atoms with Gasteiger partial charge in [0.1, 0.15) is 11.5 Å². The van der Waals surface area contributed by atoms with Crippen LogP contribution in [0, 0.1) is 0 Å². The van der Waals surface area contributed by atoms with E-state index in [9.17, 15) is 59.4 Å². The highest BCUT2D eigenvalue weighted by Crippen LogP contribution is 2.46. The van der Waals surface area contributed by atoms with Crippen LogP contribution in [0.3, 0.4) is 0 Å². The average molecular weight is 1120 g/mol. The fourth-order valence-corrected chi connectivity index (χ4v) is 11.4. The molecule has 0 aromatic heterocycles. The van der Waals surface area contributed by atoms with E-state index in [-0.39, 0.29) is 56.6 Å². The molecule has 18 heteroatoms. The number of methoxy groups -OCH3 is 2. The summed E-state index contributed by atoms with van der Waals surface area (Å²) in [4.78, 5) is 83.6. The van der Waals surface area contributed by atoms with Crippen LogP contribution in [0.1, 0.15) is 87.1 Å². The second-order valence-corrected chi connectivity index (χ2v) is 19.5. The third kappa shape index (κ3) is 9.03. The number of benzene rings is 12. The number of carbonyl (C=O) groups excluding carboxylic acids is 2. The summed E-state index contributed by atoms with van der Waals surface area (Å²) in [5, 5.41) is 77.0. The number of aliphatic hydroxyl groups excluding tert-OH is 2. The van der Waals surface area contributed by atoms with E-state index < -0.39 is 23.9 Å². The van der Waals surface area contributed by atoms with Crippen molar-refractivity contribution in [2.75, 3.05) is 27.3 Å². The number of carboxylic acids is 4. The molecule has 12 rings (SSSR count). The van der Waals surface area contributed by atoms with Crippen molar-refractivity contribution in [2.24, 2.45) is 9.98 Å². The lowest BCUT2D eigenvalue weighted by Gasteiger charge is -2.19. The van der Waals surface area contributed by atoms with E-state index in [0.29, 0.717) is 134 Å². The SMILES string of the molecule is CCNC(=O)c1ccc2c3ccc(C(=O)O)c4c(C(=O)O)ccc(c5ccc(C(=O)NCC)c1c25)c43.COc1ccc(N=C(O)c2ccc3c4ccc(C(=O)O)c5c(C(=O)O)ccc(c6ccc(C(O)=Nc7ccc(OC)cc7)c2c36)c54)cc1. The van der Waals surface area contributed by atoms with Crippen LogP contribution >= 0.6 is 0 Å². The van der Waals surface area contributed by atoms with Gasteiger partial charge in [-0.2, -0.15) is 0 Å². The molecule has 8 N–H and O–H groups in total. The molecule has 0 atom stereocenters. The topological polar surface area (TPSA) is 291 Å². The third-order valence-corrected chi connectivity index (χ3v) is 15.0. The number of carbonyl (C=O) groups is 6. The van der Waals surface area contributed by atoms with Crippen LogP contribution in [0.2, 0.25) is 0 Å². The van der Waals surface area contributed by atoms with Crippen molar-refractivity contribution < 1.29 is 68.9 Å². The minimum Gasteiger partial charge on any atom is -0.497 e. The molecule has 0 fully saturated rings. The smallest absolute Gasteiger partial charge is 0.336 e. The fourth-order valence-electron chi connectivity index (χ4n) is 11.4. The maximum absolute atomic E-state index is 13.0. The number of hydrogen-bond donors (Lipinski definition) is 8. The number of ether oxygens (including phenoxy) is 2. The zero-order chi connectivity index (χ0) is 59.4. The first kappa shape index (κ1) is 54.6. The summed E-state index contributed by atoms with van der Waals surface area (Å²) in [6, 6.07) is 39.6. The first-order valence-corrected chi connectivity index (χ1v) is 26.2. The number of carboxylic acid groups (broad SMARTS) is 4. The number of rotatable bonds is 14. The Morgan fingerprint density at radius 3 is 0.786 bits per heavy atom. The first-order chi connectivity index (χ1) is 40.5. The van der Waals surface area contributed by atoms with Crippen LogP contribution in [0.15, 0.2) is 156 Å². The highest BCUT2D eigenvalue weighted by molar-refractivity contribution is 6.40. The molecule has 0 aliphatic rings. The van der Waals surface area contributed by atoms with Crippen molar-refractivity contribution in [1.29, 1.82) is 0 Å². The fraction of sp³-hybridized carbons (Fsp3) is 0.0909. The lowest BCUT2D eigenvalue weighted by atomic mass is 9.84. The van der Waals surface area contributed by atoms with Gasteiger partial charge >= 0.3 is 23.9 Å². The van der Waals surface area contributed by atoms with Gasteiger partial charge in [0.05, 0.1) is 47.8 Å². The summed E-state index contributed by atoms with van der Waals surface area (Å²) in [6.07, 6.45) is 0. The summed E-state index contributed by atoms with van der Waals surface area (Å²) in [6.45, 7) is 4.45. The van der Waals surface area contributed by atoms with Crippen molar-refractivity contribution in [3.8, 4) is 11.5 Å². The predicted octanol–water partition coefficient (Wildman–Crippen LogP) is 13.1. The molecule has 2 amide bonds. The van der Waals surface area contributed by atoms with E-state index >= 15 is 0 Å². The Bertz CT molecular complexity index is 4550. The van der Waals surface area contributed by atoms with Gasteiger partial charge in [-0.1, -0.05) is 48.5 Å². The Labute approximate surface area is 475 Å². The van der Waals surface area contributed by atoms with E-state index in [1.54, 1.807) is 136 Å². The Kier molecular flexibility index (Phi) is 14.0. The zero-order valence-electron chi connectivity index (χ0n) is 45.1. The van der Waals surface area contributed by atoms with Crippen molar-refractivity contribution in [3.05, 3.63) is 190 Å². The van der Waals surface area contributed by atoms with Gasteiger partial charge in [0.2, 0.25) is 11.8 Å². The molecule has 0 spiro atoms. The van der Waals surface area contributed by atoms with Gasteiger partial charge in [0.15, 0.2) is 0 Å². The average Bonchev–Trinajstić information content (AvgIpc) is 0.924. The monoisotopic (exact) mass is 1120 g/mol. The van der Waals surface area contributed by atoms with Gasteiger partial charge in [-0.25, -0.2) is 29.2 Å². The van der Waals surface area contributed by atoms with Crippen LogP contribution in [-0.4, -0.2) is 105 Å². The van der Waals surface area contributed by atoms with Gasteiger partial charge in [-0.3, -0.25) is 9.59 Å². The molecule has 0 radical (unpaired) electrons. The molecule has 12 aromatic rings. The van der Waals surface area contributed by atoms with Crippen molar-refractivity contribution in [3.63, 3.8) is 0 Å². The number of amides is 2. The van der Waals surface area contributed by atoms with Gasteiger partial charge in [0, 0.05) is 56.9 Å². The molecule has 0 saturated heterocycles. The number of nitrogens with zero attached hydrogens (tertiary/aromatic N) is 2. The van der Waals surface area contributed by atoms with Crippen LogP contribution in [0.4, 0.5) is 11.4 Å². The molecular formula is C66H48N4O14. The number of hydrogen-bond acceptors (Lipinski definition) is 10. The summed E-state index contributed by atoms with van der Waals surface area (Å²) < 4.78 is 10.5. The molecule has 0 unspecified atom stereocenters. The predicted molar refractivity (Wildman–Crippen MR) is 323 cm³/mol. The molecule has 0 saturated carbocycles. The normalized spacial score (nSPS) is 11.9. The second kappa shape index (κ2) is 21.6. The van der Waals surface area contributed by atoms with E-state index in [1.165, 1.54) is 24.3 Å². The maximum Gasteiger partial charge on any atom is 0.336 e. The molecule has 0 aliphatic heterocycles. The van der Waals surface area contributed by atoms with Crippen molar-refractivity contribution in [2.45, 2.75) is 13.8 Å². The minimum atomic E-state index is -1.25. The number of aromatic carboxylic acids is 4. The molecule has 12 aromatic carbocycles. The summed E-state index contributed by atoms with van der Waals surface area (Å²) in [5.74, 6) is -4.96. The molecule has 18 nitrogen and oxygen atoms in total. The van der Waals surface area contributed by atoms with E-state index in [4.69, 9.17) is 9.47 Å². The Morgan fingerprint density at radius 2 is 0.548 bits per heavy atom. The first-order valence-electron chi connectivity index (χ1n) is 26.2. The molecule has 0 aliphatic carbocycles. The number of aliphatic hydroxyl groups is 2. The van der Waals surface area contributed by atoms with E-state index in [0.717, 1.165) is 0 Å². The lowest BCUT2D eigenvalue weighted by molar-refractivity contribution is 0.0681. The van der Waals surface area contributed by atoms with Crippen LogP contribution in [0.5, 0.6) is 11.5 Å². The highest BCUT2D eigenvalue weighted by atomic mass is 16.5. The van der Waals surface area contributed by atoms with Gasteiger partial charge < -0.3 is 50.7 Å². The van der Waals surface area contributed by atoms with Gasteiger partial charge in [0.25, 0.3) is 11.8 Å². The number of aliphatic imine (C=N–C) groups is 2. The third-order valence-electron chi connectivity index (χ3n) is 15.0. The molecule has 0 heterocycles. The molecular weight excluding hydrogens is 1070 g/mol. The van der Waals surface area contributed by atoms with E-state index in [1.807, 2.05) is 13.8 Å².